The van der Waals surface area contributed by atoms with Crippen LogP contribution in [0.4, 0.5) is 0 Å². The normalized spacial score (nSPS) is 25.5. The maximum atomic E-state index is 13.2. The Balaban J connectivity index is 1.99. The van der Waals surface area contributed by atoms with E-state index in [9.17, 15) is 4.79 Å². The zero-order valence-electron chi connectivity index (χ0n) is 14.3. The van der Waals surface area contributed by atoms with Gasteiger partial charge in [-0.3, -0.25) is 4.79 Å². The van der Waals surface area contributed by atoms with Crippen LogP contribution in [-0.4, -0.2) is 36.5 Å². The van der Waals surface area contributed by atoms with E-state index in [0.29, 0.717) is 17.9 Å². The molecule has 2 rings (SSSR count). The Kier molecular flexibility index (Phi) is 6.09. The van der Waals surface area contributed by atoms with Crippen LogP contribution in [0.15, 0.2) is 0 Å². The van der Waals surface area contributed by atoms with Gasteiger partial charge in [-0.1, -0.05) is 33.6 Å². The Bertz CT molecular complexity index is 334. The molecule has 1 N–H and O–H groups in total. The second-order valence-electron chi connectivity index (χ2n) is 7.63. The fourth-order valence-corrected chi connectivity index (χ4v) is 4.35. The molecule has 3 heteroatoms. The first-order valence-corrected chi connectivity index (χ1v) is 9.10. The number of amides is 1. The van der Waals surface area contributed by atoms with E-state index in [2.05, 4.69) is 31.0 Å². The van der Waals surface area contributed by atoms with Gasteiger partial charge in [0.05, 0.1) is 0 Å². The first-order chi connectivity index (χ1) is 10.1. The third-order valence-electron chi connectivity index (χ3n) is 5.20. The van der Waals surface area contributed by atoms with Crippen molar-refractivity contribution in [2.75, 3.05) is 19.6 Å². The molecular formula is C18H34N2O. The number of likely N-dealkylation sites (tertiary alicyclic amines) is 1. The van der Waals surface area contributed by atoms with Crippen molar-refractivity contribution >= 4 is 5.91 Å². The molecule has 1 aliphatic heterocycles. The Labute approximate surface area is 130 Å². The molecule has 0 aromatic carbocycles. The fraction of sp³-hybridized carbons (Fsp3) is 0.944. The van der Waals surface area contributed by atoms with Gasteiger partial charge >= 0.3 is 0 Å². The van der Waals surface area contributed by atoms with Crippen LogP contribution < -0.4 is 5.32 Å². The largest absolute Gasteiger partial charge is 0.341 e. The Morgan fingerprint density at radius 1 is 1.29 bits per heavy atom. The minimum atomic E-state index is -0.0270. The zero-order valence-corrected chi connectivity index (χ0v) is 14.3. The van der Waals surface area contributed by atoms with Crippen LogP contribution in [0.5, 0.6) is 0 Å². The number of rotatable bonds is 6. The Hall–Kier alpha value is -0.570. The molecule has 21 heavy (non-hydrogen) atoms. The van der Waals surface area contributed by atoms with Gasteiger partial charge in [-0.25, -0.2) is 0 Å². The molecule has 1 atom stereocenters. The summed E-state index contributed by atoms with van der Waals surface area (Å²) in [5, 5.41) is 3.61. The summed E-state index contributed by atoms with van der Waals surface area (Å²) < 4.78 is 0. The molecule has 0 bridgehead atoms. The third kappa shape index (κ3) is 4.21. The van der Waals surface area contributed by atoms with Crippen LogP contribution in [0.1, 0.15) is 72.1 Å². The summed E-state index contributed by atoms with van der Waals surface area (Å²) in [6.07, 6.45) is 9.34. The Morgan fingerprint density at radius 2 is 2.00 bits per heavy atom. The molecule has 1 unspecified atom stereocenters. The molecule has 122 valence electrons. The van der Waals surface area contributed by atoms with Gasteiger partial charge in [0.1, 0.15) is 0 Å². The quantitative estimate of drug-likeness (QED) is 0.812. The van der Waals surface area contributed by atoms with Crippen molar-refractivity contribution in [1.82, 2.24) is 10.2 Å². The van der Waals surface area contributed by atoms with E-state index in [4.69, 9.17) is 0 Å². The van der Waals surface area contributed by atoms with Gasteiger partial charge in [0.25, 0.3) is 0 Å². The predicted octanol–water partition coefficient (Wildman–Crippen LogP) is 3.58. The lowest BCUT2D eigenvalue weighted by Crippen LogP contribution is -2.52. The fourth-order valence-electron chi connectivity index (χ4n) is 4.35. The van der Waals surface area contributed by atoms with Crippen LogP contribution in [0, 0.1) is 11.3 Å². The van der Waals surface area contributed by atoms with Crippen molar-refractivity contribution in [2.24, 2.45) is 11.3 Å². The molecule has 1 saturated heterocycles. The molecule has 1 aliphatic carbocycles. The standard InChI is InChI=1S/C18H34N2O/c1-4-11-19-16-8-7-12-20(14-16)17(21)18(13-15(2)3)9-5-6-10-18/h15-16,19H,4-14H2,1-3H3. The smallest absolute Gasteiger partial charge is 0.228 e. The van der Waals surface area contributed by atoms with Crippen molar-refractivity contribution in [3.05, 3.63) is 0 Å². The van der Waals surface area contributed by atoms with Gasteiger partial charge in [-0.2, -0.15) is 0 Å². The van der Waals surface area contributed by atoms with Gasteiger partial charge in [0, 0.05) is 24.5 Å². The topological polar surface area (TPSA) is 32.3 Å². The third-order valence-corrected chi connectivity index (χ3v) is 5.20. The summed E-state index contributed by atoms with van der Waals surface area (Å²) in [4.78, 5) is 15.4. The van der Waals surface area contributed by atoms with Crippen molar-refractivity contribution in [3.63, 3.8) is 0 Å². The average molecular weight is 294 g/mol. The van der Waals surface area contributed by atoms with Crippen molar-refractivity contribution < 1.29 is 4.79 Å². The SMILES string of the molecule is CCCNC1CCCN(C(=O)C2(CC(C)C)CCCC2)C1. The maximum Gasteiger partial charge on any atom is 0.228 e. The van der Waals surface area contributed by atoms with Crippen molar-refractivity contribution in [2.45, 2.75) is 78.2 Å². The molecule has 0 aromatic rings. The second kappa shape index (κ2) is 7.62. The van der Waals surface area contributed by atoms with Crippen molar-refractivity contribution in [3.8, 4) is 0 Å². The van der Waals surface area contributed by atoms with Crippen LogP contribution in [0.3, 0.4) is 0 Å². The maximum absolute atomic E-state index is 13.2. The van der Waals surface area contributed by atoms with Crippen LogP contribution in [-0.2, 0) is 4.79 Å². The highest BCUT2D eigenvalue weighted by molar-refractivity contribution is 5.83. The minimum absolute atomic E-state index is 0.0270. The lowest BCUT2D eigenvalue weighted by atomic mass is 9.77. The molecule has 1 amide bonds. The molecule has 0 spiro atoms. The van der Waals surface area contributed by atoms with E-state index in [1.165, 1.54) is 25.7 Å². The first kappa shape index (κ1) is 16.8. The summed E-state index contributed by atoms with van der Waals surface area (Å²) in [5.41, 5.74) is -0.0270. The number of hydrogen-bond donors (Lipinski definition) is 1. The number of nitrogens with one attached hydrogen (secondary N) is 1. The molecule has 0 radical (unpaired) electrons. The average Bonchev–Trinajstić information content (AvgIpc) is 2.93. The summed E-state index contributed by atoms with van der Waals surface area (Å²) >= 11 is 0. The summed E-state index contributed by atoms with van der Waals surface area (Å²) in [6.45, 7) is 9.70. The number of carbonyl (C=O) groups excluding carboxylic acids is 1. The number of piperidine rings is 1. The van der Waals surface area contributed by atoms with E-state index in [1.54, 1.807) is 0 Å². The molecule has 2 aliphatic rings. The number of carbonyl (C=O) groups is 1. The number of hydrogen-bond acceptors (Lipinski definition) is 2. The summed E-state index contributed by atoms with van der Waals surface area (Å²) in [6, 6.07) is 0.514. The van der Waals surface area contributed by atoms with Gasteiger partial charge in [-0.15, -0.1) is 0 Å². The van der Waals surface area contributed by atoms with Crippen LogP contribution in [0.25, 0.3) is 0 Å². The molecule has 1 saturated carbocycles. The summed E-state index contributed by atoms with van der Waals surface area (Å²) in [5.74, 6) is 1.09. The van der Waals surface area contributed by atoms with Gasteiger partial charge in [0.2, 0.25) is 5.91 Å². The zero-order chi connectivity index (χ0) is 15.3. The van der Waals surface area contributed by atoms with E-state index >= 15 is 0 Å². The first-order valence-electron chi connectivity index (χ1n) is 9.10. The highest BCUT2D eigenvalue weighted by Gasteiger charge is 2.44. The highest BCUT2D eigenvalue weighted by atomic mass is 16.2. The van der Waals surface area contributed by atoms with Crippen LogP contribution >= 0.6 is 0 Å². The van der Waals surface area contributed by atoms with Crippen molar-refractivity contribution in [1.29, 1.82) is 0 Å². The van der Waals surface area contributed by atoms with Gasteiger partial charge in [0.15, 0.2) is 0 Å². The number of nitrogens with zero attached hydrogens (tertiary/aromatic N) is 1. The van der Waals surface area contributed by atoms with Gasteiger partial charge in [-0.05, 0) is 51.0 Å². The lowest BCUT2D eigenvalue weighted by molar-refractivity contribution is -0.144. The summed E-state index contributed by atoms with van der Waals surface area (Å²) in [7, 11) is 0. The van der Waals surface area contributed by atoms with Crippen LogP contribution in [0.2, 0.25) is 0 Å². The lowest BCUT2D eigenvalue weighted by Gasteiger charge is -2.40. The molecule has 3 nitrogen and oxygen atoms in total. The Morgan fingerprint density at radius 3 is 2.62 bits per heavy atom. The van der Waals surface area contributed by atoms with E-state index in [-0.39, 0.29) is 5.41 Å². The monoisotopic (exact) mass is 294 g/mol. The van der Waals surface area contributed by atoms with Gasteiger partial charge < -0.3 is 10.2 Å². The molecule has 1 heterocycles. The van der Waals surface area contributed by atoms with E-state index < -0.39 is 0 Å². The molecular weight excluding hydrogens is 260 g/mol. The molecule has 0 aromatic heterocycles. The second-order valence-corrected chi connectivity index (χ2v) is 7.63. The highest BCUT2D eigenvalue weighted by Crippen LogP contribution is 2.45. The van der Waals surface area contributed by atoms with E-state index in [1.807, 2.05) is 0 Å². The predicted molar refractivity (Wildman–Crippen MR) is 88.3 cm³/mol. The van der Waals surface area contributed by atoms with E-state index in [0.717, 1.165) is 45.3 Å². The molecule has 2 fully saturated rings. The minimum Gasteiger partial charge on any atom is -0.341 e.